The van der Waals surface area contributed by atoms with Gasteiger partial charge in [0.25, 0.3) is 0 Å². The lowest BCUT2D eigenvalue weighted by Gasteiger charge is -1.98. The molecular formula is C15H13ClN4S. The number of aromatic nitrogens is 4. The summed E-state index contributed by atoms with van der Waals surface area (Å²) in [5.41, 5.74) is 3.46. The molecule has 21 heavy (non-hydrogen) atoms. The molecule has 1 saturated carbocycles. The van der Waals surface area contributed by atoms with E-state index in [1.54, 1.807) is 17.8 Å². The van der Waals surface area contributed by atoms with Crippen LogP contribution in [-0.2, 0) is 5.75 Å². The molecule has 0 radical (unpaired) electrons. The van der Waals surface area contributed by atoms with E-state index in [2.05, 4.69) is 43.9 Å². The van der Waals surface area contributed by atoms with E-state index in [0.717, 1.165) is 28.0 Å². The molecule has 0 atom stereocenters. The number of nitrogens with zero attached hydrogens (tertiary/aromatic N) is 4. The summed E-state index contributed by atoms with van der Waals surface area (Å²) in [6.07, 6.45) is 8.41. The SMILES string of the molecule is Clc1cc(SCc2cn3cc(C4CC4)ccc3n2)ncn1. The molecule has 0 amide bonds. The van der Waals surface area contributed by atoms with E-state index >= 15 is 0 Å². The maximum atomic E-state index is 5.86. The first-order chi connectivity index (χ1) is 10.3. The molecule has 1 fully saturated rings. The quantitative estimate of drug-likeness (QED) is 0.540. The molecule has 4 nitrogen and oxygen atoms in total. The Bertz CT molecular complexity index is 797. The van der Waals surface area contributed by atoms with Gasteiger partial charge in [-0.3, -0.25) is 0 Å². The average Bonchev–Trinajstić information content (AvgIpc) is 3.25. The van der Waals surface area contributed by atoms with Crippen LogP contribution in [0.3, 0.4) is 0 Å². The van der Waals surface area contributed by atoms with Crippen LogP contribution in [0.1, 0.15) is 30.0 Å². The highest BCUT2D eigenvalue weighted by Crippen LogP contribution is 2.39. The first-order valence-electron chi connectivity index (χ1n) is 6.86. The Labute approximate surface area is 131 Å². The lowest BCUT2D eigenvalue weighted by Crippen LogP contribution is -1.86. The zero-order chi connectivity index (χ0) is 14.2. The third-order valence-electron chi connectivity index (χ3n) is 3.55. The van der Waals surface area contributed by atoms with Crippen molar-refractivity contribution in [2.75, 3.05) is 0 Å². The van der Waals surface area contributed by atoms with E-state index in [-0.39, 0.29) is 0 Å². The summed E-state index contributed by atoms with van der Waals surface area (Å²) in [7, 11) is 0. The minimum Gasteiger partial charge on any atom is -0.307 e. The van der Waals surface area contributed by atoms with Crippen molar-refractivity contribution >= 4 is 29.0 Å². The predicted octanol–water partition coefficient (Wildman–Crippen LogP) is 3.95. The van der Waals surface area contributed by atoms with Gasteiger partial charge in [0.2, 0.25) is 0 Å². The van der Waals surface area contributed by atoms with Gasteiger partial charge in [0.15, 0.2) is 0 Å². The Morgan fingerprint density at radius 3 is 2.95 bits per heavy atom. The fourth-order valence-electron chi connectivity index (χ4n) is 2.33. The Morgan fingerprint density at radius 2 is 2.14 bits per heavy atom. The van der Waals surface area contributed by atoms with Crippen LogP contribution in [0.5, 0.6) is 0 Å². The van der Waals surface area contributed by atoms with Crippen molar-refractivity contribution in [2.24, 2.45) is 0 Å². The van der Waals surface area contributed by atoms with Gasteiger partial charge in [-0.05, 0) is 30.4 Å². The third kappa shape index (κ3) is 2.89. The fraction of sp³-hybridized carbons (Fsp3) is 0.267. The lowest BCUT2D eigenvalue weighted by atomic mass is 10.2. The Morgan fingerprint density at radius 1 is 1.24 bits per heavy atom. The summed E-state index contributed by atoms with van der Waals surface area (Å²) in [6, 6.07) is 6.07. The van der Waals surface area contributed by atoms with Gasteiger partial charge in [0.05, 0.1) is 5.69 Å². The number of rotatable bonds is 4. The van der Waals surface area contributed by atoms with Crippen LogP contribution in [0.2, 0.25) is 5.15 Å². The molecule has 0 N–H and O–H groups in total. The number of pyridine rings is 1. The summed E-state index contributed by atoms with van der Waals surface area (Å²) in [6.45, 7) is 0. The first kappa shape index (κ1) is 13.1. The number of hydrogen-bond donors (Lipinski definition) is 0. The van der Waals surface area contributed by atoms with E-state index in [9.17, 15) is 0 Å². The molecule has 3 aromatic rings. The smallest absolute Gasteiger partial charge is 0.137 e. The number of fused-ring (bicyclic) bond motifs is 1. The molecule has 1 aliphatic rings. The molecule has 0 bridgehead atoms. The summed E-state index contributed by atoms with van der Waals surface area (Å²) < 4.78 is 2.12. The van der Waals surface area contributed by atoms with Crippen molar-refractivity contribution in [1.29, 1.82) is 0 Å². The molecule has 0 unspecified atom stereocenters. The topological polar surface area (TPSA) is 43.1 Å². The van der Waals surface area contributed by atoms with Gasteiger partial charge in [-0.1, -0.05) is 29.4 Å². The van der Waals surface area contributed by atoms with Crippen LogP contribution >= 0.6 is 23.4 Å². The van der Waals surface area contributed by atoms with E-state index in [1.165, 1.54) is 24.7 Å². The van der Waals surface area contributed by atoms with Crippen LogP contribution in [0.25, 0.3) is 5.65 Å². The van der Waals surface area contributed by atoms with Crippen molar-refractivity contribution < 1.29 is 0 Å². The molecule has 3 heterocycles. The standard InChI is InChI=1S/C15H13ClN4S/c16-13-5-15(18-9-17-13)21-8-12-7-20-6-11(10-1-2-10)3-4-14(20)19-12/h3-7,9-10H,1-2,8H2. The molecule has 4 rings (SSSR count). The first-order valence-corrected chi connectivity index (χ1v) is 8.22. The van der Waals surface area contributed by atoms with E-state index in [0.29, 0.717) is 5.15 Å². The second kappa shape index (κ2) is 5.31. The summed E-state index contributed by atoms with van der Waals surface area (Å²) in [4.78, 5) is 12.7. The largest absolute Gasteiger partial charge is 0.307 e. The second-order valence-corrected chi connectivity index (χ2v) is 6.58. The molecule has 6 heteroatoms. The van der Waals surface area contributed by atoms with Gasteiger partial charge in [-0.2, -0.15) is 0 Å². The Hall–Kier alpha value is -1.59. The van der Waals surface area contributed by atoms with E-state index < -0.39 is 0 Å². The summed E-state index contributed by atoms with van der Waals surface area (Å²) in [5, 5.41) is 1.34. The van der Waals surface area contributed by atoms with Gasteiger partial charge >= 0.3 is 0 Å². The van der Waals surface area contributed by atoms with E-state index in [1.807, 2.05) is 0 Å². The average molecular weight is 317 g/mol. The van der Waals surface area contributed by atoms with Gasteiger partial charge in [-0.25, -0.2) is 15.0 Å². The zero-order valence-corrected chi connectivity index (χ0v) is 12.8. The lowest BCUT2D eigenvalue weighted by molar-refractivity contribution is 1.04. The van der Waals surface area contributed by atoms with Gasteiger partial charge < -0.3 is 4.40 Å². The highest BCUT2D eigenvalue weighted by Gasteiger charge is 2.23. The molecular weight excluding hydrogens is 304 g/mol. The normalized spacial score (nSPS) is 14.7. The van der Waals surface area contributed by atoms with Gasteiger partial charge in [-0.15, -0.1) is 0 Å². The maximum Gasteiger partial charge on any atom is 0.137 e. The molecule has 3 aromatic heterocycles. The van der Waals surface area contributed by atoms with Gasteiger partial charge in [0.1, 0.15) is 22.2 Å². The van der Waals surface area contributed by atoms with E-state index in [4.69, 9.17) is 11.6 Å². The number of thioether (sulfide) groups is 1. The summed E-state index contributed by atoms with van der Waals surface area (Å²) in [5.74, 6) is 1.53. The third-order valence-corrected chi connectivity index (χ3v) is 4.71. The molecule has 0 spiro atoms. The fourth-order valence-corrected chi connectivity index (χ4v) is 3.30. The molecule has 0 saturated heterocycles. The van der Waals surface area contributed by atoms with Crippen LogP contribution in [-0.4, -0.2) is 19.4 Å². The Kier molecular flexibility index (Phi) is 3.31. The monoisotopic (exact) mass is 316 g/mol. The maximum absolute atomic E-state index is 5.86. The Balaban J connectivity index is 1.53. The zero-order valence-electron chi connectivity index (χ0n) is 11.2. The van der Waals surface area contributed by atoms with Gasteiger partial charge in [0, 0.05) is 24.2 Å². The highest BCUT2D eigenvalue weighted by molar-refractivity contribution is 7.98. The van der Waals surface area contributed by atoms with Crippen molar-refractivity contribution in [3.05, 3.63) is 53.3 Å². The molecule has 106 valence electrons. The molecule has 0 aliphatic heterocycles. The van der Waals surface area contributed by atoms with Crippen LogP contribution in [0.15, 0.2) is 41.9 Å². The molecule has 1 aliphatic carbocycles. The number of imidazole rings is 1. The molecule has 0 aromatic carbocycles. The highest BCUT2D eigenvalue weighted by atomic mass is 35.5. The van der Waals surface area contributed by atoms with Crippen LogP contribution in [0, 0.1) is 0 Å². The number of hydrogen-bond acceptors (Lipinski definition) is 4. The minimum atomic E-state index is 0.469. The minimum absolute atomic E-state index is 0.469. The van der Waals surface area contributed by atoms with Crippen molar-refractivity contribution in [1.82, 2.24) is 19.4 Å². The van der Waals surface area contributed by atoms with Crippen molar-refractivity contribution in [3.8, 4) is 0 Å². The second-order valence-electron chi connectivity index (χ2n) is 5.20. The number of halogens is 1. The van der Waals surface area contributed by atoms with Crippen LogP contribution in [0.4, 0.5) is 0 Å². The van der Waals surface area contributed by atoms with Crippen molar-refractivity contribution in [2.45, 2.75) is 29.5 Å². The summed E-state index contributed by atoms with van der Waals surface area (Å²) >= 11 is 7.47. The van der Waals surface area contributed by atoms with Crippen LogP contribution < -0.4 is 0 Å². The van der Waals surface area contributed by atoms with Crippen molar-refractivity contribution in [3.63, 3.8) is 0 Å². The predicted molar refractivity (Wildman–Crippen MR) is 83.8 cm³/mol.